The van der Waals surface area contributed by atoms with Gasteiger partial charge in [-0.25, -0.2) is 0 Å². The van der Waals surface area contributed by atoms with Crippen LogP contribution in [0.3, 0.4) is 0 Å². The summed E-state index contributed by atoms with van der Waals surface area (Å²) in [5.74, 6) is -0.264. The first-order chi connectivity index (χ1) is 6.79. The van der Waals surface area contributed by atoms with E-state index in [0.717, 1.165) is 12.0 Å². The maximum Gasteiger partial charge on any atom is 0.217 e. The molecule has 74 valence electrons. The van der Waals surface area contributed by atoms with Crippen molar-refractivity contribution in [1.82, 2.24) is 0 Å². The van der Waals surface area contributed by atoms with Crippen LogP contribution in [0, 0.1) is 0 Å². The average molecular weight is 190 g/mol. The molecule has 1 aromatic rings. The van der Waals surface area contributed by atoms with Crippen molar-refractivity contribution in [3.05, 3.63) is 35.9 Å². The second-order valence-electron chi connectivity index (χ2n) is 3.02. The lowest BCUT2D eigenvalue weighted by Gasteiger charge is -1.92. The van der Waals surface area contributed by atoms with Crippen LogP contribution in [0.4, 0.5) is 0 Å². The number of nitrogens with zero attached hydrogens (tertiary/aromatic N) is 1. The molecule has 0 aliphatic heterocycles. The molecule has 3 heteroatoms. The number of primary amides is 1. The zero-order valence-corrected chi connectivity index (χ0v) is 8.02. The molecule has 3 nitrogen and oxygen atoms in total. The molecular weight excluding hydrogens is 176 g/mol. The Balaban J connectivity index is 2.25. The van der Waals surface area contributed by atoms with E-state index < -0.39 is 0 Å². The normalized spacial score (nSPS) is 10.6. The number of nitrogens with two attached hydrogens (primary N) is 1. The van der Waals surface area contributed by atoms with Gasteiger partial charge in [-0.3, -0.25) is 9.79 Å². The number of amides is 1. The van der Waals surface area contributed by atoms with Crippen LogP contribution in [0.15, 0.2) is 35.3 Å². The summed E-state index contributed by atoms with van der Waals surface area (Å²) in [6.07, 6.45) is 2.94. The SMILES string of the molecule is NC(=O)CCCN=Cc1ccccc1. The number of carbonyl (C=O) groups excluding carboxylic acids is 1. The second-order valence-corrected chi connectivity index (χ2v) is 3.02. The molecule has 0 aromatic heterocycles. The van der Waals surface area contributed by atoms with Gasteiger partial charge in [0.1, 0.15) is 0 Å². The fourth-order valence-electron chi connectivity index (χ4n) is 1.05. The summed E-state index contributed by atoms with van der Waals surface area (Å²) in [5.41, 5.74) is 6.07. The first-order valence-corrected chi connectivity index (χ1v) is 4.62. The highest BCUT2D eigenvalue weighted by molar-refractivity contribution is 5.79. The average Bonchev–Trinajstić information content (AvgIpc) is 2.18. The molecule has 0 radical (unpaired) electrons. The lowest BCUT2D eigenvalue weighted by Crippen LogP contribution is -2.10. The van der Waals surface area contributed by atoms with Crippen LogP contribution in [0.25, 0.3) is 0 Å². The number of carbonyl (C=O) groups is 1. The van der Waals surface area contributed by atoms with E-state index in [1.807, 2.05) is 30.3 Å². The van der Waals surface area contributed by atoms with E-state index in [4.69, 9.17) is 5.73 Å². The first kappa shape index (κ1) is 10.4. The van der Waals surface area contributed by atoms with Crippen molar-refractivity contribution >= 4 is 12.1 Å². The third kappa shape index (κ3) is 4.40. The monoisotopic (exact) mass is 190 g/mol. The van der Waals surface area contributed by atoms with Crippen LogP contribution in [-0.4, -0.2) is 18.7 Å². The number of hydrogen-bond acceptors (Lipinski definition) is 2. The van der Waals surface area contributed by atoms with Crippen LogP contribution < -0.4 is 5.73 Å². The number of hydrogen-bond donors (Lipinski definition) is 1. The van der Waals surface area contributed by atoms with Gasteiger partial charge < -0.3 is 5.73 Å². The summed E-state index contributed by atoms with van der Waals surface area (Å²) < 4.78 is 0. The summed E-state index contributed by atoms with van der Waals surface area (Å²) in [6, 6.07) is 9.86. The minimum absolute atomic E-state index is 0.264. The van der Waals surface area contributed by atoms with Crippen molar-refractivity contribution in [1.29, 1.82) is 0 Å². The van der Waals surface area contributed by atoms with E-state index in [1.165, 1.54) is 0 Å². The maximum atomic E-state index is 10.4. The van der Waals surface area contributed by atoms with Crippen molar-refractivity contribution < 1.29 is 4.79 Å². The summed E-state index contributed by atoms with van der Waals surface area (Å²) >= 11 is 0. The van der Waals surface area contributed by atoms with Gasteiger partial charge in [-0.05, 0) is 12.0 Å². The topological polar surface area (TPSA) is 55.5 Å². The fraction of sp³-hybridized carbons (Fsp3) is 0.273. The van der Waals surface area contributed by atoms with Crippen molar-refractivity contribution in [3.63, 3.8) is 0 Å². The molecule has 0 aliphatic carbocycles. The highest BCUT2D eigenvalue weighted by Crippen LogP contribution is 1.94. The molecule has 0 aliphatic rings. The van der Waals surface area contributed by atoms with Crippen LogP contribution in [-0.2, 0) is 4.79 Å². The molecule has 0 unspecified atom stereocenters. The Labute approximate surface area is 83.7 Å². The molecule has 0 saturated heterocycles. The zero-order valence-electron chi connectivity index (χ0n) is 8.02. The van der Waals surface area contributed by atoms with E-state index in [-0.39, 0.29) is 5.91 Å². The largest absolute Gasteiger partial charge is 0.370 e. The molecule has 2 N–H and O–H groups in total. The highest BCUT2D eigenvalue weighted by Gasteiger charge is 1.91. The van der Waals surface area contributed by atoms with E-state index in [1.54, 1.807) is 6.21 Å². The molecule has 0 heterocycles. The summed E-state index contributed by atoms with van der Waals surface area (Å²) in [7, 11) is 0. The van der Waals surface area contributed by atoms with Crippen LogP contribution in [0.1, 0.15) is 18.4 Å². The minimum Gasteiger partial charge on any atom is -0.370 e. The first-order valence-electron chi connectivity index (χ1n) is 4.62. The van der Waals surface area contributed by atoms with Gasteiger partial charge in [0.25, 0.3) is 0 Å². The lowest BCUT2D eigenvalue weighted by atomic mass is 10.2. The standard InChI is InChI=1S/C11H14N2O/c12-11(14)7-4-8-13-9-10-5-2-1-3-6-10/h1-3,5-6,9H,4,7-8H2,(H2,12,14). The number of rotatable bonds is 5. The van der Waals surface area contributed by atoms with Crippen molar-refractivity contribution in [2.24, 2.45) is 10.7 Å². The van der Waals surface area contributed by atoms with Crippen LogP contribution in [0.2, 0.25) is 0 Å². The quantitative estimate of drug-likeness (QED) is 0.553. The zero-order chi connectivity index (χ0) is 10.2. The maximum absolute atomic E-state index is 10.4. The van der Waals surface area contributed by atoms with E-state index in [9.17, 15) is 4.79 Å². The molecule has 0 saturated carbocycles. The third-order valence-electron chi connectivity index (χ3n) is 1.75. The Morgan fingerprint density at radius 3 is 2.71 bits per heavy atom. The molecule has 1 aromatic carbocycles. The predicted octanol–water partition coefficient (Wildman–Crippen LogP) is 1.37. The van der Waals surface area contributed by atoms with Gasteiger partial charge in [0, 0.05) is 19.2 Å². The summed E-state index contributed by atoms with van der Waals surface area (Å²) in [6.45, 7) is 0.651. The second kappa shape index (κ2) is 5.91. The highest BCUT2D eigenvalue weighted by atomic mass is 16.1. The number of benzene rings is 1. The fourth-order valence-corrected chi connectivity index (χ4v) is 1.05. The Hall–Kier alpha value is -1.64. The molecule has 0 spiro atoms. The van der Waals surface area contributed by atoms with Gasteiger partial charge in [-0.1, -0.05) is 30.3 Å². The minimum atomic E-state index is -0.264. The van der Waals surface area contributed by atoms with Gasteiger partial charge >= 0.3 is 0 Å². The van der Waals surface area contributed by atoms with Gasteiger partial charge in [0.05, 0.1) is 0 Å². The van der Waals surface area contributed by atoms with Gasteiger partial charge in [0.15, 0.2) is 0 Å². The Morgan fingerprint density at radius 1 is 1.36 bits per heavy atom. The van der Waals surface area contributed by atoms with Gasteiger partial charge in [-0.2, -0.15) is 0 Å². The smallest absolute Gasteiger partial charge is 0.217 e. The molecule has 14 heavy (non-hydrogen) atoms. The molecular formula is C11H14N2O. The molecule has 0 atom stereocenters. The third-order valence-corrected chi connectivity index (χ3v) is 1.75. The van der Waals surface area contributed by atoms with Crippen LogP contribution >= 0.6 is 0 Å². The Kier molecular flexibility index (Phi) is 4.41. The molecule has 0 bridgehead atoms. The summed E-state index contributed by atoms with van der Waals surface area (Å²) in [5, 5.41) is 0. The molecule has 0 fully saturated rings. The van der Waals surface area contributed by atoms with Crippen molar-refractivity contribution in [2.75, 3.05) is 6.54 Å². The van der Waals surface area contributed by atoms with E-state index in [2.05, 4.69) is 4.99 Å². The summed E-state index contributed by atoms with van der Waals surface area (Å²) in [4.78, 5) is 14.6. The molecule has 1 rings (SSSR count). The Bertz CT molecular complexity index is 306. The number of aliphatic imine (C=N–C) groups is 1. The molecule has 1 amide bonds. The van der Waals surface area contributed by atoms with E-state index in [0.29, 0.717) is 13.0 Å². The lowest BCUT2D eigenvalue weighted by molar-refractivity contribution is -0.118. The Morgan fingerprint density at radius 2 is 2.07 bits per heavy atom. The van der Waals surface area contributed by atoms with Crippen molar-refractivity contribution in [3.8, 4) is 0 Å². The van der Waals surface area contributed by atoms with Gasteiger partial charge in [0.2, 0.25) is 5.91 Å². The predicted molar refractivity (Wildman–Crippen MR) is 57.3 cm³/mol. The van der Waals surface area contributed by atoms with Crippen molar-refractivity contribution in [2.45, 2.75) is 12.8 Å². The van der Waals surface area contributed by atoms with Gasteiger partial charge in [-0.15, -0.1) is 0 Å². The van der Waals surface area contributed by atoms with Crippen LogP contribution in [0.5, 0.6) is 0 Å². The van der Waals surface area contributed by atoms with E-state index >= 15 is 0 Å².